The van der Waals surface area contributed by atoms with Crippen molar-refractivity contribution in [3.63, 3.8) is 0 Å². The van der Waals surface area contributed by atoms with Crippen molar-refractivity contribution in [1.29, 1.82) is 0 Å². The van der Waals surface area contributed by atoms with Gasteiger partial charge in [-0.1, -0.05) is 22.9 Å². The van der Waals surface area contributed by atoms with Gasteiger partial charge in [0.15, 0.2) is 12.1 Å². The summed E-state index contributed by atoms with van der Waals surface area (Å²) in [5.74, 6) is -3.04. The third kappa shape index (κ3) is 3.39. The lowest BCUT2D eigenvalue weighted by molar-refractivity contribution is -0.123. The summed E-state index contributed by atoms with van der Waals surface area (Å²) in [5.41, 5.74) is 0.771. The quantitative estimate of drug-likeness (QED) is 0.750. The van der Waals surface area contributed by atoms with Crippen LogP contribution in [0.2, 0.25) is 5.02 Å². The Morgan fingerprint density at radius 3 is 2.60 bits per heavy atom. The molecule has 1 fully saturated rings. The van der Waals surface area contributed by atoms with Crippen molar-refractivity contribution in [3.8, 4) is 0 Å². The van der Waals surface area contributed by atoms with Crippen molar-refractivity contribution in [3.05, 3.63) is 58.6 Å². The van der Waals surface area contributed by atoms with E-state index in [0.29, 0.717) is 5.56 Å². The number of nitrogens with zero attached hydrogens (tertiary/aromatic N) is 4. The number of nitrogens with one attached hydrogen (secondary N) is 1. The van der Waals surface area contributed by atoms with Crippen LogP contribution >= 0.6 is 11.6 Å². The van der Waals surface area contributed by atoms with Crippen molar-refractivity contribution in [2.24, 2.45) is 10.3 Å². The topological polar surface area (TPSA) is 94.4 Å². The minimum absolute atomic E-state index is 0.0977. The van der Waals surface area contributed by atoms with Crippen LogP contribution in [0.5, 0.6) is 0 Å². The fraction of sp³-hybridized carbons (Fsp3) is 0.211. The lowest BCUT2D eigenvalue weighted by Crippen LogP contribution is -2.43. The van der Waals surface area contributed by atoms with Gasteiger partial charge in [0, 0.05) is 5.69 Å². The predicted octanol–water partition coefficient (Wildman–Crippen LogP) is 2.86. The average Bonchev–Trinajstić information content (AvgIpc) is 3.21. The SMILES string of the molecule is Cc1ccc(NC(=O)CN2N=N[C@H]3C(=O)N(c4ccc(F)c(Cl)c4)C(=O)[C@H]32)cc1F. The molecule has 8 nitrogen and oxygen atoms in total. The van der Waals surface area contributed by atoms with Gasteiger partial charge in [0.1, 0.15) is 18.2 Å². The summed E-state index contributed by atoms with van der Waals surface area (Å²) in [6, 6.07) is 5.45. The number of benzene rings is 2. The van der Waals surface area contributed by atoms with E-state index in [0.717, 1.165) is 22.0 Å². The Morgan fingerprint density at radius 2 is 1.90 bits per heavy atom. The van der Waals surface area contributed by atoms with E-state index in [-0.39, 0.29) is 22.9 Å². The molecular formula is C19H14ClF2N5O3. The van der Waals surface area contributed by atoms with Gasteiger partial charge < -0.3 is 5.32 Å². The van der Waals surface area contributed by atoms with Crippen LogP contribution in [-0.4, -0.2) is 41.4 Å². The molecule has 2 aromatic carbocycles. The van der Waals surface area contributed by atoms with Gasteiger partial charge in [0.25, 0.3) is 11.8 Å². The number of carbonyl (C=O) groups excluding carboxylic acids is 3. The minimum atomic E-state index is -1.12. The summed E-state index contributed by atoms with van der Waals surface area (Å²) in [4.78, 5) is 38.7. The minimum Gasteiger partial charge on any atom is -0.324 e. The number of amides is 3. The molecule has 0 aliphatic carbocycles. The maximum absolute atomic E-state index is 13.6. The monoisotopic (exact) mass is 433 g/mol. The third-order valence-electron chi connectivity index (χ3n) is 4.78. The molecule has 2 heterocycles. The zero-order valence-electron chi connectivity index (χ0n) is 15.5. The van der Waals surface area contributed by atoms with Crippen LogP contribution in [0.1, 0.15) is 5.56 Å². The van der Waals surface area contributed by atoms with Crippen molar-refractivity contribution < 1.29 is 23.2 Å². The summed E-state index contributed by atoms with van der Waals surface area (Å²) in [6.45, 7) is 1.21. The highest BCUT2D eigenvalue weighted by Gasteiger charge is 2.55. The molecule has 2 aromatic rings. The molecule has 0 spiro atoms. The molecule has 4 rings (SSSR count). The summed E-state index contributed by atoms with van der Waals surface area (Å²) >= 11 is 5.75. The second kappa shape index (κ2) is 7.45. The third-order valence-corrected chi connectivity index (χ3v) is 5.07. The molecule has 0 unspecified atom stereocenters. The molecule has 0 bridgehead atoms. The van der Waals surface area contributed by atoms with E-state index in [2.05, 4.69) is 15.7 Å². The Balaban J connectivity index is 1.49. The van der Waals surface area contributed by atoms with Crippen molar-refractivity contribution >= 4 is 40.7 Å². The number of fused-ring (bicyclic) bond motifs is 1. The molecule has 1 N–H and O–H groups in total. The molecule has 1 saturated heterocycles. The fourth-order valence-electron chi connectivity index (χ4n) is 3.25. The van der Waals surface area contributed by atoms with E-state index >= 15 is 0 Å². The van der Waals surface area contributed by atoms with Crippen molar-refractivity contribution in [2.75, 3.05) is 16.8 Å². The first-order valence-electron chi connectivity index (χ1n) is 8.82. The lowest BCUT2D eigenvalue weighted by atomic mass is 10.1. The van der Waals surface area contributed by atoms with E-state index in [1.807, 2.05) is 0 Å². The first-order chi connectivity index (χ1) is 14.3. The number of hydrogen-bond donors (Lipinski definition) is 1. The highest BCUT2D eigenvalue weighted by atomic mass is 35.5. The smallest absolute Gasteiger partial charge is 0.263 e. The van der Waals surface area contributed by atoms with Crippen LogP contribution in [0.3, 0.4) is 0 Å². The van der Waals surface area contributed by atoms with Crippen LogP contribution in [0.15, 0.2) is 46.7 Å². The highest BCUT2D eigenvalue weighted by Crippen LogP contribution is 2.33. The molecule has 154 valence electrons. The van der Waals surface area contributed by atoms with Gasteiger partial charge in [0.2, 0.25) is 5.91 Å². The number of imide groups is 1. The molecule has 2 aliphatic rings. The van der Waals surface area contributed by atoms with Gasteiger partial charge in [0.05, 0.1) is 10.7 Å². The van der Waals surface area contributed by atoms with Gasteiger partial charge in [-0.05, 0) is 42.8 Å². The van der Waals surface area contributed by atoms with Gasteiger partial charge in [-0.3, -0.25) is 19.4 Å². The zero-order valence-corrected chi connectivity index (χ0v) is 16.2. The Kier molecular flexibility index (Phi) is 4.94. The number of carbonyl (C=O) groups is 3. The summed E-state index contributed by atoms with van der Waals surface area (Å²) < 4.78 is 27.1. The average molecular weight is 434 g/mol. The standard InChI is InChI=1S/C19H14ClF2N5O3/c1-9-2-3-10(6-14(9)22)23-15(28)8-26-17-16(24-25-26)18(29)27(19(17)30)11-4-5-13(21)12(20)7-11/h2-7,16-17H,8H2,1H3,(H,23,28)/t16-,17+/m1/s1. The second-order valence-electron chi connectivity index (χ2n) is 6.81. The van der Waals surface area contributed by atoms with E-state index in [9.17, 15) is 23.2 Å². The van der Waals surface area contributed by atoms with E-state index in [1.54, 1.807) is 6.92 Å². The number of aryl methyl sites for hydroxylation is 1. The molecule has 3 amide bonds. The number of halogens is 3. The maximum atomic E-state index is 13.6. The van der Waals surface area contributed by atoms with Gasteiger partial charge in [-0.25, -0.2) is 13.7 Å². The normalized spacial score (nSPS) is 20.1. The summed E-state index contributed by atoms with van der Waals surface area (Å²) in [5, 5.41) is 10.9. The van der Waals surface area contributed by atoms with Gasteiger partial charge in [-0.2, -0.15) is 5.11 Å². The van der Waals surface area contributed by atoms with E-state index < -0.39 is 41.4 Å². The summed E-state index contributed by atoms with van der Waals surface area (Å²) in [7, 11) is 0. The molecule has 2 atom stereocenters. The molecule has 11 heteroatoms. The molecule has 30 heavy (non-hydrogen) atoms. The Labute approximate surface area is 174 Å². The van der Waals surface area contributed by atoms with E-state index in [4.69, 9.17) is 11.6 Å². The first-order valence-corrected chi connectivity index (χ1v) is 9.20. The second-order valence-corrected chi connectivity index (χ2v) is 7.22. The Morgan fingerprint density at radius 1 is 1.13 bits per heavy atom. The van der Waals surface area contributed by atoms with Crippen LogP contribution < -0.4 is 10.2 Å². The first kappa shape index (κ1) is 19.9. The van der Waals surface area contributed by atoms with Crippen LogP contribution in [-0.2, 0) is 14.4 Å². The number of rotatable bonds is 4. The lowest BCUT2D eigenvalue weighted by Gasteiger charge is -2.20. The highest BCUT2D eigenvalue weighted by molar-refractivity contribution is 6.32. The molecular weight excluding hydrogens is 420 g/mol. The summed E-state index contributed by atoms with van der Waals surface area (Å²) in [6.07, 6.45) is 0. The van der Waals surface area contributed by atoms with Crippen LogP contribution in [0, 0.1) is 18.6 Å². The van der Waals surface area contributed by atoms with Gasteiger partial charge in [-0.15, -0.1) is 0 Å². The molecule has 0 radical (unpaired) electrons. The van der Waals surface area contributed by atoms with Crippen molar-refractivity contribution in [1.82, 2.24) is 5.01 Å². The number of anilines is 2. The fourth-order valence-corrected chi connectivity index (χ4v) is 3.43. The van der Waals surface area contributed by atoms with Crippen LogP contribution in [0.4, 0.5) is 20.2 Å². The predicted molar refractivity (Wildman–Crippen MR) is 103 cm³/mol. The van der Waals surface area contributed by atoms with Crippen LogP contribution in [0.25, 0.3) is 0 Å². The molecule has 0 aromatic heterocycles. The zero-order chi connectivity index (χ0) is 21.6. The molecule has 0 saturated carbocycles. The largest absolute Gasteiger partial charge is 0.324 e. The number of hydrogen-bond acceptors (Lipinski definition) is 6. The Bertz CT molecular complexity index is 1110. The van der Waals surface area contributed by atoms with Gasteiger partial charge >= 0.3 is 0 Å². The maximum Gasteiger partial charge on any atom is 0.263 e. The Hall–Kier alpha value is -3.40. The van der Waals surface area contributed by atoms with E-state index in [1.165, 1.54) is 24.3 Å². The van der Waals surface area contributed by atoms with Crippen molar-refractivity contribution in [2.45, 2.75) is 19.0 Å². The molecule has 2 aliphatic heterocycles.